The van der Waals surface area contributed by atoms with Crippen molar-refractivity contribution in [1.29, 1.82) is 0 Å². The first-order valence-corrected chi connectivity index (χ1v) is 11.5. The molecular weight excluding hydrogens is 435 g/mol. The number of halogens is 2. The summed E-state index contributed by atoms with van der Waals surface area (Å²) in [6.45, 7) is 2.81. The Kier molecular flexibility index (Phi) is 7.19. The quantitative estimate of drug-likeness (QED) is 0.651. The fraction of sp³-hybridized carbons (Fsp3) is 0.350. The highest BCUT2D eigenvalue weighted by Gasteiger charge is 2.25. The van der Waals surface area contributed by atoms with Crippen LogP contribution in [0.15, 0.2) is 41.3 Å². The van der Waals surface area contributed by atoms with Crippen molar-refractivity contribution in [3.8, 4) is 0 Å². The number of hydrogen-bond donors (Lipinski definition) is 2. The van der Waals surface area contributed by atoms with Gasteiger partial charge in [-0.1, -0.05) is 42.3 Å². The van der Waals surface area contributed by atoms with Crippen LogP contribution in [0.3, 0.4) is 0 Å². The van der Waals surface area contributed by atoms with E-state index < -0.39 is 15.9 Å². The molecule has 1 amide bonds. The average Bonchev–Trinajstić information content (AvgIpc) is 3.20. The predicted molar refractivity (Wildman–Crippen MR) is 114 cm³/mol. The number of amides is 1. The Hall–Kier alpha value is -1.64. The molecule has 0 bridgehead atoms. The fourth-order valence-electron chi connectivity index (χ4n) is 3.02. The highest BCUT2D eigenvalue weighted by molar-refractivity contribution is 7.89. The van der Waals surface area contributed by atoms with Gasteiger partial charge in [0, 0.05) is 18.8 Å². The Balaban J connectivity index is 1.80. The topological polar surface area (TPSA) is 84.5 Å². The zero-order chi connectivity index (χ0) is 21.0. The highest BCUT2D eigenvalue weighted by Crippen LogP contribution is 2.29. The smallest absolute Gasteiger partial charge is 0.257 e. The minimum Gasteiger partial charge on any atom is -0.377 e. The lowest BCUT2D eigenvalue weighted by molar-refractivity contribution is 0.102. The van der Waals surface area contributed by atoms with Gasteiger partial charge in [-0.05, 0) is 49.1 Å². The Morgan fingerprint density at radius 3 is 2.52 bits per heavy atom. The van der Waals surface area contributed by atoms with Gasteiger partial charge < -0.3 is 10.1 Å². The molecule has 1 fully saturated rings. The molecule has 1 aliphatic rings. The summed E-state index contributed by atoms with van der Waals surface area (Å²) in [5, 5.41) is 2.73. The molecule has 156 valence electrons. The molecular formula is C20H22Cl2N2O4S. The lowest BCUT2D eigenvalue weighted by Crippen LogP contribution is -2.32. The highest BCUT2D eigenvalue weighted by atomic mass is 35.5. The molecule has 0 unspecified atom stereocenters. The fourth-order valence-corrected chi connectivity index (χ4v) is 4.94. The number of hydrogen-bond acceptors (Lipinski definition) is 4. The molecule has 9 heteroatoms. The first kappa shape index (κ1) is 22.1. The van der Waals surface area contributed by atoms with Crippen LogP contribution in [0.2, 0.25) is 10.0 Å². The zero-order valence-electron chi connectivity index (χ0n) is 15.9. The SMILES string of the molecule is CCc1ccc(NC(=O)c2cc(S(=O)(=O)NC[C@H]3CCCO3)c(Cl)cc2Cl)cc1. The number of ether oxygens (including phenoxy) is 1. The van der Waals surface area contributed by atoms with Crippen LogP contribution in [0.1, 0.15) is 35.7 Å². The van der Waals surface area contributed by atoms with Crippen molar-refractivity contribution in [2.24, 2.45) is 0 Å². The monoisotopic (exact) mass is 456 g/mol. The van der Waals surface area contributed by atoms with Crippen LogP contribution in [-0.2, 0) is 21.2 Å². The largest absolute Gasteiger partial charge is 0.377 e. The Labute approximate surface area is 180 Å². The molecule has 2 N–H and O–H groups in total. The van der Waals surface area contributed by atoms with Crippen molar-refractivity contribution in [3.05, 3.63) is 57.6 Å². The predicted octanol–water partition coefficient (Wildman–Crippen LogP) is 4.27. The summed E-state index contributed by atoms with van der Waals surface area (Å²) in [4.78, 5) is 12.5. The van der Waals surface area contributed by atoms with Gasteiger partial charge in [0.2, 0.25) is 10.0 Å². The number of sulfonamides is 1. The number of carbonyl (C=O) groups excluding carboxylic acids is 1. The van der Waals surface area contributed by atoms with Gasteiger partial charge >= 0.3 is 0 Å². The van der Waals surface area contributed by atoms with Gasteiger partial charge in [0.15, 0.2) is 0 Å². The summed E-state index contributed by atoms with van der Waals surface area (Å²) >= 11 is 12.3. The second kappa shape index (κ2) is 9.45. The van der Waals surface area contributed by atoms with Gasteiger partial charge in [-0.3, -0.25) is 4.79 Å². The molecule has 0 aromatic heterocycles. The first-order valence-electron chi connectivity index (χ1n) is 9.30. The first-order chi connectivity index (χ1) is 13.8. The second-order valence-corrected chi connectivity index (χ2v) is 9.30. The molecule has 3 rings (SSSR count). The summed E-state index contributed by atoms with van der Waals surface area (Å²) in [6, 6.07) is 9.83. The van der Waals surface area contributed by atoms with Crippen molar-refractivity contribution in [1.82, 2.24) is 4.72 Å². The van der Waals surface area contributed by atoms with E-state index in [0.29, 0.717) is 12.3 Å². The molecule has 0 aliphatic carbocycles. The molecule has 0 spiro atoms. The summed E-state index contributed by atoms with van der Waals surface area (Å²) < 4.78 is 33.3. The molecule has 6 nitrogen and oxygen atoms in total. The molecule has 0 saturated carbocycles. The summed E-state index contributed by atoms with van der Waals surface area (Å²) in [6.07, 6.45) is 2.42. The van der Waals surface area contributed by atoms with E-state index >= 15 is 0 Å². The number of rotatable bonds is 7. The lowest BCUT2D eigenvalue weighted by Gasteiger charge is -2.14. The van der Waals surface area contributed by atoms with E-state index in [9.17, 15) is 13.2 Å². The van der Waals surface area contributed by atoms with Crippen molar-refractivity contribution in [3.63, 3.8) is 0 Å². The van der Waals surface area contributed by atoms with Gasteiger partial charge in [0.05, 0.1) is 21.7 Å². The maximum atomic E-state index is 12.7. The molecule has 1 heterocycles. The van der Waals surface area contributed by atoms with Crippen molar-refractivity contribution in [2.75, 3.05) is 18.5 Å². The van der Waals surface area contributed by atoms with Gasteiger partial charge in [-0.25, -0.2) is 13.1 Å². The van der Waals surface area contributed by atoms with Crippen molar-refractivity contribution >= 4 is 44.8 Å². The standard InChI is InChI=1S/C20H22Cl2N2O4S/c1-2-13-5-7-14(8-6-13)24-20(25)16-10-19(18(22)11-17(16)21)29(26,27)23-12-15-4-3-9-28-15/h5-8,10-11,15,23H,2-4,9,12H2,1H3,(H,24,25)/t15-/m1/s1. The minimum absolute atomic E-state index is 0.0214. The van der Waals surface area contributed by atoms with Crippen LogP contribution in [-0.4, -0.2) is 33.6 Å². The maximum absolute atomic E-state index is 12.7. The van der Waals surface area contributed by atoms with E-state index in [4.69, 9.17) is 27.9 Å². The molecule has 0 radical (unpaired) electrons. The van der Waals surface area contributed by atoms with Crippen LogP contribution in [0.4, 0.5) is 5.69 Å². The van der Waals surface area contributed by atoms with Crippen molar-refractivity contribution < 1.29 is 17.9 Å². The van der Waals surface area contributed by atoms with E-state index in [1.54, 1.807) is 12.1 Å². The normalized spacial score (nSPS) is 16.7. The zero-order valence-corrected chi connectivity index (χ0v) is 18.2. The van der Waals surface area contributed by atoms with Crippen molar-refractivity contribution in [2.45, 2.75) is 37.2 Å². The number of benzene rings is 2. The van der Waals surface area contributed by atoms with E-state index in [1.165, 1.54) is 12.1 Å². The number of aryl methyl sites for hydroxylation is 1. The molecule has 1 atom stereocenters. The number of carbonyl (C=O) groups is 1. The van der Waals surface area contributed by atoms with E-state index in [1.807, 2.05) is 19.1 Å². The second-order valence-electron chi connectivity index (χ2n) is 6.75. The third-order valence-corrected chi connectivity index (χ3v) is 6.90. The lowest BCUT2D eigenvalue weighted by atomic mass is 10.1. The Morgan fingerprint density at radius 1 is 1.17 bits per heavy atom. The molecule has 2 aromatic rings. The number of nitrogens with one attached hydrogen (secondary N) is 2. The van der Waals surface area contributed by atoms with Crippen LogP contribution in [0, 0.1) is 0 Å². The van der Waals surface area contributed by atoms with Crippen LogP contribution >= 0.6 is 23.2 Å². The van der Waals surface area contributed by atoms with Gasteiger partial charge in [-0.15, -0.1) is 0 Å². The van der Waals surface area contributed by atoms with Crippen LogP contribution < -0.4 is 10.0 Å². The minimum atomic E-state index is -3.93. The van der Waals surface area contributed by atoms with Crippen LogP contribution in [0.5, 0.6) is 0 Å². The van der Waals surface area contributed by atoms with E-state index in [-0.39, 0.29) is 33.2 Å². The molecule has 29 heavy (non-hydrogen) atoms. The third kappa shape index (κ3) is 5.49. The Morgan fingerprint density at radius 2 is 1.90 bits per heavy atom. The third-order valence-electron chi connectivity index (χ3n) is 4.70. The Bertz CT molecular complexity index is 988. The van der Waals surface area contributed by atoms with Crippen LogP contribution in [0.25, 0.3) is 0 Å². The average molecular weight is 457 g/mol. The molecule has 1 aliphatic heterocycles. The summed E-state index contributed by atoms with van der Waals surface area (Å²) in [5.41, 5.74) is 1.74. The van der Waals surface area contributed by atoms with E-state index in [0.717, 1.165) is 24.8 Å². The van der Waals surface area contributed by atoms with Gasteiger partial charge in [-0.2, -0.15) is 0 Å². The van der Waals surface area contributed by atoms with E-state index in [2.05, 4.69) is 10.0 Å². The number of anilines is 1. The van der Waals surface area contributed by atoms with Gasteiger partial charge in [0.25, 0.3) is 5.91 Å². The summed E-state index contributed by atoms with van der Waals surface area (Å²) in [5.74, 6) is -0.522. The molecule has 2 aromatic carbocycles. The maximum Gasteiger partial charge on any atom is 0.257 e. The summed E-state index contributed by atoms with van der Waals surface area (Å²) in [7, 11) is -3.93. The van der Waals surface area contributed by atoms with Gasteiger partial charge in [0.1, 0.15) is 4.90 Å². The molecule has 1 saturated heterocycles.